The van der Waals surface area contributed by atoms with Crippen molar-refractivity contribution >= 4 is 29.1 Å². The third-order valence-corrected chi connectivity index (χ3v) is 9.28. The molecule has 1 fully saturated rings. The van der Waals surface area contributed by atoms with Crippen molar-refractivity contribution in [1.29, 1.82) is 0 Å². The van der Waals surface area contributed by atoms with Gasteiger partial charge in [-0.15, -0.1) is 0 Å². The zero-order chi connectivity index (χ0) is 31.9. The molecule has 0 aromatic heterocycles. The molecule has 0 bridgehead atoms. The average molecular weight is 636 g/mol. The van der Waals surface area contributed by atoms with E-state index < -0.39 is 6.04 Å². The lowest BCUT2D eigenvalue weighted by molar-refractivity contribution is -0.137. The third-order valence-electron chi connectivity index (χ3n) is 9.02. The Morgan fingerprint density at radius 3 is 2.26 bits per heavy atom. The smallest absolute Gasteiger partial charge is 0.245 e. The highest BCUT2D eigenvalue weighted by Crippen LogP contribution is 2.24. The number of halogens is 1. The van der Waals surface area contributed by atoms with Gasteiger partial charge in [0, 0.05) is 62.9 Å². The Balaban J connectivity index is 1.11. The molecule has 7 nitrogen and oxygen atoms in total. The Labute approximate surface area is 277 Å². The van der Waals surface area contributed by atoms with Crippen LogP contribution in [0.3, 0.4) is 0 Å². The summed E-state index contributed by atoms with van der Waals surface area (Å²) in [5, 5.41) is 7.13. The van der Waals surface area contributed by atoms with Crippen LogP contribution in [0.1, 0.15) is 27.8 Å². The van der Waals surface area contributed by atoms with Gasteiger partial charge in [0.25, 0.3) is 0 Å². The molecule has 4 aromatic rings. The molecule has 0 spiro atoms. The summed E-state index contributed by atoms with van der Waals surface area (Å²) in [5.41, 5.74) is 7.11. The molecular formula is C38H42ClN5O2. The SMILES string of the molecule is CN(Cc1ccccc1)Cc1ccccc1N1CCN(C(=O)[C@@H](Cc2ccc(Cl)cc2)NC(=O)[C@H]2Cc3ccccc3CN2)CC1. The molecule has 46 heavy (non-hydrogen) atoms. The fourth-order valence-corrected chi connectivity index (χ4v) is 6.68. The molecule has 2 heterocycles. The first kappa shape index (κ1) is 31.8. The molecule has 2 atom stereocenters. The van der Waals surface area contributed by atoms with E-state index in [0.29, 0.717) is 37.5 Å². The van der Waals surface area contributed by atoms with E-state index in [2.05, 4.69) is 88.1 Å². The highest BCUT2D eigenvalue weighted by Gasteiger charge is 2.32. The Morgan fingerprint density at radius 1 is 0.826 bits per heavy atom. The Hall–Kier alpha value is -4.17. The molecule has 6 rings (SSSR count). The van der Waals surface area contributed by atoms with Crippen LogP contribution >= 0.6 is 11.6 Å². The molecular weight excluding hydrogens is 594 g/mol. The standard InChI is InChI=1S/C38H42ClN5O2/c1-42(26-29-9-3-2-4-10-29)27-32-13-7-8-14-36(32)43-19-21-44(22-20-43)38(46)35(23-28-15-17-33(39)18-16-28)41-37(45)34-24-30-11-5-6-12-31(30)25-40-34/h2-18,34-35,40H,19-27H2,1H3,(H,41,45)/t34-,35-/m1/s1. The number of rotatable bonds is 10. The first-order chi connectivity index (χ1) is 22.4. The lowest BCUT2D eigenvalue weighted by atomic mass is 9.95. The largest absolute Gasteiger partial charge is 0.368 e. The van der Waals surface area contributed by atoms with Crippen molar-refractivity contribution in [3.63, 3.8) is 0 Å². The summed E-state index contributed by atoms with van der Waals surface area (Å²) >= 11 is 6.14. The predicted molar refractivity (Wildman–Crippen MR) is 185 cm³/mol. The van der Waals surface area contributed by atoms with Crippen molar-refractivity contribution in [3.8, 4) is 0 Å². The normalized spacial score (nSPS) is 17.0. The molecule has 0 saturated carbocycles. The van der Waals surface area contributed by atoms with E-state index in [1.807, 2.05) is 47.4 Å². The van der Waals surface area contributed by atoms with E-state index in [4.69, 9.17) is 11.6 Å². The van der Waals surface area contributed by atoms with Crippen LogP contribution in [0.2, 0.25) is 5.02 Å². The lowest BCUT2D eigenvalue weighted by Crippen LogP contribution is -2.58. The second-order valence-corrected chi connectivity index (χ2v) is 12.8. The molecule has 4 aromatic carbocycles. The number of piperazine rings is 1. The summed E-state index contributed by atoms with van der Waals surface area (Å²) < 4.78 is 0. The minimum atomic E-state index is -0.668. The second-order valence-electron chi connectivity index (χ2n) is 12.4. The van der Waals surface area contributed by atoms with Gasteiger partial charge in [0.05, 0.1) is 6.04 Å². The zero-order valence-corrected chi connectivity index (χ0v) is 27.1. The van der Waals surface area contributed by atoms with Gasteiger partial charge in [-0.1, -0.05) is 96.5 Å². The van der Waals surface area contributed by atoms with Gasteiger partial charge >= 0.3 is 0 Å². The van der Waals surface area contributed by atoms with Crippen LogP contribution in [0.4, 0.5) is 5.69 Å². The van der Waals surface area contributed by atoms with E-state index in [1.54, 1.807) is 0 Å². The van der Waals surface area contributed by atoms with Crippen LogP contribution in [0.25, 0.3) is 0 Å². The molecule has 0 radical (unpaired) electrons. The first-order valence-corrected chi connectivity index (χ1v) is 16.5. The van der Waals surface area contributed by atoms with Crippen molar-refractivity contribution in [2.45, 2.75) is 44.6 Å². The number of para-hydroxylation sites is 1. The summed E-state index contributed by atoms with van der Waals surface area (Å²) in [6.45, 7) is 4.99. The number of nitrogens with zero attached hydrogens (tertiary/aromatic N) is 3. The number of carbonyl (C=O) groups is 2. The number of benzene rings is 4. The minimum Gasteiger partial charge on any atom is -0.368 e. The van der Waals surface area contributed by atoms with Crippen molar-refractivity contribution in [3.05, 3.63) is 136 Å². The zero-order valence-electron chi connectivity index (χ0n) is 26.4. The molecule has 0 aliphatic carbocycles. The topological polar surface area (TPSA) is 67.9 Å². The number of fused-ring (bicyclic) bond motifs is 1. The summed E-state index contributed by atoms with van der Waals surface area (Å²) in [4.78, 5) is 34.2. The maximum atomic E-state index is 14.1. The molecule has 1 saturated heterocycles. The van der Waals surface area contributed by atoms with E-state index in [1.165, 1.54) is 27.9 Å². The van der Waals surface area contributed by atoms with E-state index in [9.17, 15) is 9.59 Å². The van der Waals surface area contributed by atoms with Crippen LogP contribution < -0.4 is 15.5 Å². The number of hydrogen-bond acceptors (Lipinski definition) is 5. The fourth-order valence-electron chi connectivity index (χ4n) is 6.55. The second kappa shape index (κ2) is 14.9. The number of nitrogens with one attached hydrogen (secondary N) is 2. The quantitative estimate of drug-likeness (QED) is 0.255. The molecule has 8 heteroatoms. The number of anilines is 1. The molecule has 2 aliphatic rings. The lowest BCUT2D eigenvalue weighted by Gasteiger charge is -2.39. The maximum Gasteiger partial charge on any atom is 0.245 e. The summed E-state index contributed by atoms with van der Waals surface area (Å²) in [6.07, 6.45) is 1.00. The number of hydrogen-bond donors (Lipinski definition) is 2. The monoisotopic (exact) mass is 635 g/mol. The summed E-state index contributed by atoms with van der Waals surface area (Å²) in [6, 6.07) is 33.7. The Kier molecular flexibility index (Phi) is 10.3. The summed E-state index contributed by atoms with van der Waals surface area (Å²) in [7, 11) is 2.15. The van der Waals surface area contributed by atoms with Crippen LogP contribution in [0.15, 0.2) is 103 Å². The molecule has 238 valence electrons. The molecule has 2 aliphatic heterocycles. The predicted octanol–water partition coefficient (Wildman–Crippen LogP) is 5.06. The molecule has 2 N–H and O–H groups in total. The first-order valence-electron chi connectivity index (χ1n) is 16.1. The van der Waals surface area contributed by atoms with Crippen molar-refractivity contribution in [2.75, 3.05) is 38.1 Å². The van der Waals surface area contributed by atoms with Crippen LogP contribution in [0, 0.1) is 0 Å². The van der Waals surface area contributed by atoms with Gasteiger partial charge in [-0.05, 0) is 59.5 Å². The Morgan fingerprint density at radius 2 is 1.50 bits per heavy atom. The van der Waals surface area contributed by atoms with Gasteiger partial charge in [0.1, 0.15) is 6.04 Å². The fraction of sp³-hybridized carbons (Fsp3) is 0.316. The molecule has 0 unspecified atom stereocenters. The van der Waals surface area contributed by atoms with Crippen molar-refractivity contribution in [1.82, 2.24) is 20.4 Å². The van der Waals surface area contributed by atoms with E-state index in [-0.39, 0.29) is 17.9 Å². The van der Waals surface area contributed by atoms with Crippen LogP contribution in [-0.2, 0) is 42.1 Å². The highest BCUT2D eigenvalue weighted by atomic mass is 35.5. The van der Waals surface area contributed by atoms with E-state index in [0.717, 1.165) is 31.7 Å². The number of amides is 2. The van der Waals surface area contributed by atoms with Gasteiger partial charge in [-0.3, -0.25) is 14.5 Å². The summed E-state index contributed by atoms with van der Waals surface area (Å²) in [5.74, 6) is -0.191. The highest BCUT2D eigenvalue weighted by molar-refractivity contribution is 6.30. The van der Waals surface area contributed by atoms with Gasteiger partial charge in [0.2, 0.25) is 11.8 Å². The van der Waals surface area contributed by atoms with E-state index >= 15 is 0 Å². The maximum absolute atomic E-state index is 14.1. The van der Waals surface area contributed by atoms with Gasteiger partial charge in [0.15, 0.2) is 0 Å². The van der Waals surface area contributed by atoms with Crippen molar-refractivity contribution < 1.29 is 9.59 Å². The average Bonchev–Trinajstić information content (AvgIpc) is 3.09. The number of carbonyl (C=O) groups excluding carboxylic acids is 2. The van der Waals surface area contributed by atoms with Gasteiger partial charge in [-0.25, -0.2) is 0 Å². The minimum absolute atomic E-state index is 0.0463. The Bertz CT molecular complexity index is 1620. The van der Waals surface area contributed by atoms with Gasteiger partial charge in [-0.2, -0.15) is 0 Å². The van der Waals surface area contributed by atoms with Gasteiger partial charge < -0.3 is 20.4 Å². The molecule has 2 amide bonds. The van der Waals surface area contributed by atoms with Crippen LogP contribution in [-0.4, -0.2) is 66.9 Å². The third kappa shape index (κ3) is 7.97. The van der Waals surface area contributed by atoms with Crippen LogP contribution in [0.5, 0.6) is 0 Å². The van der Waals surface area contributed by atoms with Crippen molar-refractivity contribution in [2.24, 2.45) is 0 Å².